The first-order valence-electron chi connectivity index (χ1n) is 27.0. The van der Waals surface area contributed by atoms with Crippen molar-refractivity contribution in [3.05, 3.63) is 122 Å². The molecule has 0 aliphatic carbocycles. The van der Waals surface area contributed by atoms with Gasteiger partial charge in [-0.25, -0.2) is 0 Å². The van der Waals surface area contributed by atoms with E-state index < -0.39 is 6.10 Å². The van der Waals surface area contributed by atoms with E-state index in [2.05, 4.69) is 136 Å². The number of hydrogen-bond acceptors (Lipinski definition) is 6. The lowest BCUT2D eigenvalue weighted by molar-refractivity contribution is -0.166. The molecule has 6 nitrogen and oxygen atoms in total. The molecular formula is C61H98O6. The number of esters is 3. The first kappa shape index (κ1) is 62.8. The highest BCUT2D eigenvalue weighted by Gasteiger charge is 2.19. The maximum absolute atomic E-state index is 12.8. The molecule has 0 aliphatic heterocycles. The SMILES string of the molecule is CC/C=C\C/C=C\C/C=C\C/C=C\C/C=C\CCCCCC(=O)O[C@H](COC(=O)CC/C=C\C/C=C\C/C=C\C/C=C\C/C=C\CCCCC)COC(=O)CCCCCCCCCCCCC. The van der Waals surface area contributed by atoms with Crippen molar-refractivity contribution in [2.24, 2.45) is 0 Å². The van der Waals surface area contributed by atoms with Crippen molar-refractivity contribution in [2.75, 3.05) is 13.2 Å². The summed E-state index contributed by atoms with van der Waals surface area (Å²) in [4.78, 5) is 38.0. The Morgan fingerprint density at radius 1 is 0.313 bits per heavy atom. The molecule has 0 saturated carbocycles. The summed E-state index contributed by atoms with van der Waals surface area (Å²) < 4.78 is 16.7. The highest BCUT2D eigenvalue weighted by molar-refractivity contribution is 5.71. The summed E-state index contributed by atoms with van der Waals surface area (Å²) >= 11 is 0. The fraction of sp³-hybridized carbons (Fsp3) is 0.623. The molecule has 0 amide bonds. The Labute approximate surface area is 412 Å². The molecule has 0 aliphatic rings. The second kappa shape index (κ2) is 54.4. The van der Waals surface area contributed by atoms with Gasteiger partial charge in [-0.2, -0.15) is 0 Å². The zero-order chi connectivity index (χ0) is 48.6. The second-order valence-corrected chi connectivity index (χ2v) is 17.4. The van der Waals surface area contributed by atoms with E-state index in [1.165, 1.54) is 77.0 Å². The van der Waals surface area contributed by atoms with Crippen molar-refractivity contribution in [2.45, 2.75) is 232 Å². The van der Waals surface area contributed by atoms with Crippen molar-refractivity contribution in [3.8, 4) is 0 Å². The van der Waals surface area contributed by atoms with Gasteiger partial charge in [0.1, 0.15) is 13.2 Å². The van der Waals surface area contributed by atoms with Crippen LogP contribution >= 0.6 is 0 Å². The largest absolute Gasteiger partial charge is 0.462 e. The highest BCUT2D eigenvalue weighted by Crippen LogP contribution is 2.13. The van der Waals surface area contributed by atoms with Crippen LogP contribution in [0, 0.1) is 0 Å². The van der Waals surface area contributed by atoms with Gasteiger partial charge in [-0.3, -0.25) is 14.4 Å². The number of carbonyl (C=O) groups is 3. The topological polar surface area (TPSA) is 78.9 Å². The molecule has 0 aromatic heterocycles. The molecule has 1 atom stereocenters. The molecule has 6 heteroatoms. The van der Waals surface area contributed by atoms with Crippen molar-refractivity contribution in [1.29, 1.82) is 0 Å². The Bertz CT molecular complexity index is 1440. The quantitative estimate of drug-likeness (QED) is 0.0262. The van der Waals surface area contributed by atoms with Gasteiger partial charge in [0.25, 0.3) is 0 Å². The fourth-order valence-electron chi connectivity index (χ4n) is 6.92. The molecule has 0 saturated heterocycles. The number of carbonyl (C=O) groups excluding carboxylic acids is 3. The Morgan fingerprint density at radius 2 is 0.612 bits per heavy atom. The Kier molecular flexibility index (Phi) is 51.0. The second-order valence-electron chi connectivity index (χ2n) is 17.4. The van der Waals surface area contributed by atoms with Crippen molar-refractivity contribution in [1.82, 2.24) is 0 Å². The molecule has 0 rings (SSSR count). The Hall–Kier alpha value is -4.19. The average molecular weight is 927 g/mol. The van der Waals surface area contributed by atoms with Crippen LogP contribution in [0.15, 0.2) is 122 Å². The van der Waals surface area contributed by atoms with Gasteiger partial charge in [0.2, 0.25) is 0 Å². The predicted octanol–water partition coefficient (Wildman–Crippen LogP) is 18.1. The van der Waals surface area contributed by atoms with Gasteiger partial charge in [0.15, 0.2) is 6.10 Å². The van der Waals surface area contributed by atoms with Gasteiger partial charge in [-0.15, -0.1) is 0 Å². The lowest BCUT2D eigenvalue weighted by Gasteiger charge is -2.18. The minimum absolute atomic E-state index is 0.116. The van der Waals surface area contributed by atoms with Crippen molar-refractivity contribution >= 4 is 17.9 Å². The van der Waals surface area contributed by atoms with E-state index in [-0.39, 0.29) is 44.0 Å². The third kappa shape index (κ3) is 52.6. The number of unbranched alkanes of at least 4 members (excludes halogenated alkanes) is 16. The molecule has 0 radical (unpaired) electrons. The van der Waals surface area contributed by atoms with Crippen molar-refractivity contribution < 1.29 is 28.6 Å². The summed E-state index contributed by atoms with van der Waals surface area (Å²) in [6, 6.07) is 0. The van der Waals surface area contributed by atoms with E-state index in [0.717, 1.165) is 96.3 Å². The molecule has 0 aromatic carbocycles. The summed E-state index contributed by atoms with van der Waals surface area (Å²) in [7, 11) is 0. The molecule has 0 N–H and O–H groups in total. The molecule has 0 spiro atoms. The van der Waals surface area contributed by atoms with Crippen LogP contribution in [0.4, 0.5) is 0 Å². The molecular weight excluding hydrogens is 829 g/mol. The monoisotopic (exact) mass is 927 g/mol. The van der Waals surface area contributed by atoms with E-state index in [9.17, 15) is 14.4 Å². The third-order valence-corrected chi connectivity index (χ3v) is 11.0. The number of ether oxygens (including phenoxy) is 3. The summed E-state index contributed by atoms with van der Waals surface area (Å²) in [5.74, 6) is -1.04. The van der Waals surface area contributed by atoms with Crippen LogP contribution in [0.5, 0.6) is 0 Å². The molecule has 378 valence electrons. The van der Waals surface area contributed by atoms with Crippen LogP contribution in [0.3, 0.4) is 0 Å². The molecule has 0 heterocycles. The normalized spacial score (nSPS) is 13.1. The Morgan fingerprint density at radius 3 is 1.03 bits per heavy atom. The summed E-state index contributed by atoms with van der Waals surface area (Å²) in [5, 5.41) is 0. The molecule has 0 unspecified atom stereocenters. The van der Waals surface area contributed by atoms with Crippen LogP contribution in [-0.2, 0) is 28.6 Å². The molecule has 67 heavy (non-hydrogen) atoms. The first-order valence-corrected chi connectivity index (χ1v) is 27.0. The van der Waals surface area contributed by atoms with E-state index in [1.807, 2.05) is 6.08 Å². The van der Waals surface area contributed by atoms with Gasteiger partial charge < -0.3 is 14.2 Å². The minimum atomic E-state index is -0.827. The lowest BCUT2D eigenvalue weighted by atomic mass is 10.1. The summed E-state index contributed by atoms with van der Waals surface area (Å²) in [5.41, 5.74) is 0. The number of rotatable bonds is 47. The number of allylic oxidation sites excluding steroid dienone is 20. The summed E-state index contributed by atoms with van der Waals surface area (Å²) in [6.45, 7) is 6.38. The smallest absolute Gasteiger partial charge is 0.306 e. The summed E-state index contributed by atoms with van der Waals surface area (Å²) in [6.07, 6.45) is 74.8. The molecule has 0 bridgehead atoms. The fourth-order valence-corrected chi connectivity index (χ4v) is 6.92. The maximum Gasteiger partial charge on any atom is 0.306 e. The standard InChI is InChI=1S/C61H98O6/c1-4-7-10-13-16-19-22-24-26-28-30-32-34-36-39-42-45-48-51-54-60(63)66-57-58(56-65-59(62)53-50-47-44-41-38-21-18-15-12-9-6-3)67-61(64)55-52-49-46-43-40-37-35-33-31-29-27-25-23-20-17-14-11-8-5-2/h8,11,16-17,19-20,24-27,30-33,36-37,39-40,45,48,58H,4-7,9-10,12-15,18,21-23,28-29,34-35,38,41-44,46-47,49-57H2,1-3H3/b11-8-,19-16-,20-17-,26-24-,27-25-,32-30-,33-31-,39-36-,40-37-,48-45-/t58-/m0/s1. The predicted molar refractivity (Wildman–Crippen MR) is 288 cm³/mol. The molecule has 0 fully saturated rings. The van der Waals surface area contributed by atoms with Gasteiger partial charge in [0.05, 0.1) is 0 Å². The lowest BCUT2D eigenvalue weighted by Crippen LogP contribution is -2.30. The Balaban J connectivity index is 4.56. The highest BCUT2D eigenvalue weighted by atomic mass is 16.6. The van der Waals surface area contributed by atoms with Crippen LogP contribution in [0.1, 0.15) is 226 Å². The first-order chi connectivity index (χ1) is 33.0. The van der Waals surface area contributed by atoms with E-state index in [1.54, 1.807) is 0 Å². The van der Waals surface area contributed by atoms with Crippen LogP contribution in [-0.4, -0.2) is 37.2 Å². The van der Waals surface area contributed by atoms with E-state index >= 15 is 0 Å². The van der Waals surface area contributed by atoms with E-state index in [4.69, 9.17) is 14.2 Å². The minimum Gasteiger partial charge on any atom is -0.462 e. The average Bonchev–Trinajstić information content (AvgIpc) is 3.33. The zero-order valence-corrected chi connectivity index (χ0v) is 43.1. The maximum atomic E-state index is 12.8. The van der Waals surface area contributed by atoms with Crippen LogP contribution in [0.25, 0.3) is 0 Å². The van der Waals surface area contributed by atoms with Gasteiger partial charge in [-0.1, -0.05) is 226 Å². The van der Waals surface area contributed by atoms with Crippen LogP contribution in [0.2, 0.25) is 0 Å². The molecule has 0 aromatic rings. The number of hydrogen-bond donors (Lipinski definition) is 0. The third-order valence-electron chi connectivity index (χ3n) is 11.0. The zero-order valence-electron chi connectivity index (χ0n) is 43.1. The van der Waals surface area contributed by atoms with E-state index in [0.29, 0.717) is 19.3 Å². The van der Waals surface area contributed by atoms with Gasteiger partial charge in [-0.05, 0) is 103 Å². The van der Waals surface area contributed by atoms with Crippen LogP contribution < -0.4 is 0 Å². The van der Waals surface area contributed by atoms with Crippen molar-refractivity contribution in [3.63, 3.8) is 0 Å². The van der Waals surface area contributed by atoms with Gasteiger partial charge >= 0.3 is 17.9 Å². The van der Waals surface area contributed by atoms with Gasteiger partial charge in [0, 0.05) is 19.3 Å².